The molecule has 2 fully saturated rings. The van der Waals surface area contributed by atoms with E-state index in [9.17, 15) is 9.90 Å². The highest BCUT2D eigenvalue weighted by Crippen LogP contribution is 2.31. The Labute approximate surface area is 126 Å². The van der Waals surface area contributed by atoms with E-state index >= 15 is 0 Å². The summed E-state index contributed by atoms with van der Waals surface area (Å²) in [6, 6.07) is 10.6. The third-order valence-corrected chi connectivity index (χ3v) is 4.86. The molecule has 3 rings (SSSR count). The molecule has 3 atom stereocenters. The fourth-order valence-corrected chi connectivity index (χ4v) is 3.81. The molecule has 2 saturated heterocycles. The highest BCUT2D eigenvalue weighted by atomic mass is 16.3. The Morgan fingerprint density at radius 1 is 1.29 bits per heavy atom. The zero-order chi connectivity index (χ0) is 14.8. The predicted octanol–water partition coefficient (Wildman–Crippen LogP) is 1.85. The molecule has 2 aliphatic heterocycles. The van der Waals surface area contributed by atoms with Gasteiger partial charge in [0, 0.05) is 24.7 Å². The second-order valence-electron chi connectivity index (χ2n) is 6.20. The van der Waals surface area contributed by atoms with E-state index in [0.29, 0.717) is 24.2 Å². The maximum Gasteiger partial charge on any atom is 0.256 e. The molecule has 2 heterocycles. The van der Waals surface area contributed by atoms with Gasteiger partial charge in [0.15, 0.2) is 6.10 Å². The summed E-state index contributed by atoms with van der Waals surface area (Å²) in [6.07, 6.45) is 3.41. The van der Waals surface area contributed by atoms with Crippen LogP contribution >= 0.6 is 0 Å². The number of likely N-dealkylation sites (N-methyl/N-ethyl adjacent to an activating group) is 1. The molecule has 4 nitrogen and oxygen atoms in total. The number of hydrogen-bond donors (Lipinski definition) is 2. The van der Waals surface area contributed by atoms with Crippen molar-refractivity contribution in [3.05, 3.63) is 35.9 Å². The minimum absolute atomic E-state index is 0.157. The number of aliphatic hydroxyl groups excluding tert-OH is 1. The average molecular weight is 288 g/mol. The number of benzene rings is 1. The molecule has 114 valence electrons. The van der Waals surface area contributed by atoms with Crippen LogP contribution in [0.3, 0.4) is 0 Å². The average Bonchev–Trinajstić information content (AvgIpc) is 2.86. The Morgan fingerprint density at radius 2 is 1.90 bits per heavy atom. The van der Waals surface area contributed by atoms with Crippen LogP contribution in [0.25, 0.3) is 0 Å². The van der Waals surface area contributed by atoms with Gasteiger partial charge in [-0.15, -0.1) is 0 Å². The van der Waals surface area contributed by atoms with Crippen molar-refractivity contribution < 1.29 is 9.90 Å². The summed E-state index contributed by atoms with van der Waals surface area (Å²) in [6.45, 7) is 2.66. The molecule has 0 saturated carbocycles. The van der Waals surface area contributed by atoms with Crippen LogP contribution in [-0.2, 0) is 4.79 Å². The lowest BCUT2D eigenvalue weighted by Gasteiger charge is -2.38. The van der Waals surface area contributed by atoms with Gasteiger partial charge in [-0.05, 0) is 38.2 Å². The van der Waals surface area contributed by atoms with E-state index in [1.54, 1.807) is 0 Å². The number of carbonyl (C=O) groups excluding carboxylic acids is 1. The van der Waals surface area contributed by atoms with Crippen molar-refractivity contribution in [2.45, 2.75) is 56.8 Å². The summed E-state index contributed by atoms with van der Waals surface area (Å²) in [5.74, 6) is -0.157. The van der Waals surface area contributed by atoms with Gasteiger partial charge in [-0.3, -0.25) is 4.79 Å². The summed E-state index contributed by atoms with van der Waals surface area (Å²) in [5, 5.41) is 14.0. The Kier molecular flexibility index (Phi) is 4.27. The quantitative estimate of drug-likeness (QED) is 0.889. The highest BCUT2D eigenvalue weighted by Gasteiger charge is 2.38. The first-order chi connectivity index (χ1) is 10.2. The smallest absolute Gasteiger partial charge is 0.256 e. The van der Waals surface area contributed by atoms with Gasteiger partial charge in [0.2, 0.25) is 0 Å². The number of piperidine rings is 1. The van der Waals surface area contributed by atoms with E-state index in [2.05, 4.69) is 5.32 Å². The fraction of sp³-hybridized carbons (Fsp3) is 0.588. The monoisotopic (exact) mass is 288 g/mol. The Bertz CT molecular complexity index is 479. The molecule has 2 bridgehead atoms. The standard InChI is InChI=1S/C17H24N2O2/c1-2-19(15-10-13-8-9-14(11-15)18-13)17(21)16(20)12-6-4-3-5-7-12/h3-7,13-16,18,20H,2,8-11H2,1H3. The van der Waals surface area contributed by atoms with Crippen LogP contribution in [-0.4, -0.2) is 40.6 Å². The lowest BCUT2D eigenvalue weighted by molar-refractivity contribution is -0.143. The molecule has 21 heavy (non-hydrogen) atoms. The Morgan fingerprint density at radius 3 is 2.48 bits per heavy atom. The van der Waals surface area contributed by atoms with E-state index < -0.39 is 6.10 Å². The van der Waals surface area contributed by atoms with E-state index in [1.807, 2.05) is 42.2 Å². The van der Waals surface area contributed by atoms with Crippen molar-refractivity contribution in [2.24, 2.45) is 0 Å². The topological polar surface area (TPSA) is 52.6 Å². The normalized spacial score (nSPS) is 29.1. The van der Waals surface area contributed by atoms with Crippen molar-refractivity contribution in [3.63, 3.8) is 0 Å². The minimum atomic E-state index is -1.04. The summed E-state index contributed by atoms with van der Waals surface area (Å²) in [5.41, 5.74) is 0.679. The minimum Gasteiger partial charge on any atom is -0.378 e. The number of aliphatic hydroxyl groups is 1. The summed E-state index contributed by atoms with van der Waals surface area (Å²) < 4.78 is 0. The predicted molar refractivity (Wildman–Crippen MR) is 81.8 cm³/mol. The molecule has 4 heteroatoms. The highest BCUT2D eigenvalue weighted by molar-refractivity contribution is 5.82. The molecule has 1 amide bonds. The molecule has 1 aromatic carbocycles. The number of rotatable bonds is 4. The van der Waals surface area contributed by atoms with Crippen LogP contribution in [0.2, 0.25) is 0 Å². The van der Waals surface area contributed by atoms with E-state index in [-0.39, 0.29) is 11.9 Å². The Balaban J connectivity index is 1.72. The molecule has 0 aromatic heterocycles. The van der Waals surface area contributed by atoms with Crippen molar-refractivity contribution >= 4 is 5.91 Å². The van der Waals surface area contributed by atoms with Crippen LogP contribution in [0.1, 0.15) is 44.3 Å². The van der Waals surface area contributed by atoms with Gasteiger partial charge in [0.1, 0.15) is 0 Å². The molecule has 3 unspecified atom stereocenters. The number of amides is 1. The lowest BCUT2D eigenvalue weighted by atomic mass is 9.97. The third kappa shape index (κ3) is 2.97. The maximum absolute atomic E-state index is 12.7. The number of carbonyl (C=O) groups is 1. The lowest BCUT2D eigenvalue weighted by Crippen LogP contribution is -2.51. The second-order valence-corrected chi connectivity index (χ2v) is 6.20. The molecule has 0 aliphatic carbocycles. The molecular weight excluding hydrogens is 264 g/mol. The van der Waals surface area contributed by atoms with Crippen LogP contribution in [0.15, 0.2) is 30.3 Å². The summed E-state index contributed by atoms with van der Waals surface area (Å²) >= 11 is 0. The number of nitrogens with zero attached hydrogens (tertiary/aromatic N) is 1. The zero-order valence-corrected chi connectivity index (χ0v) is 12.5. The first-order valence-corrected chi connectivity index (χ1v) is 7.98. The maximum atomic E-state index is 12.7. The van der Waals surface area contributed by atoms with Crippen LogP contribution in [0.5, 0.6) is 0 Å². The van der Waals surface area contributed by atoms with E-state index in [1.165, 1.54) is 12.8 Å². The second kappa shape index (κ2) is 6.16. The molecule has 0 spiro atoms. The Hall–Kier alpha value is -1.39. The summed E-state index contributed by atoms with van der Waals surface area (Å²) in [4.78, 5) is 14.5. The third-order valence-electron chi connectivity index (χ3n) is 4.86. The van der Waals surface area contributed by atoms with Crippen molar-refractivity contribution in [1.82, 2.24) is 10.2 Å². The van der Waals surface area contributed by atoms with Crippen molar-refractivity contribution in [2.75, 3.05) is 6.54 Å². The van der Waals surface area contributed by atoms with Gasteiger partial charge in [-0.2, -0.15) is 0 Å². The number of fused-ring (bicyclic) bond motifs is 2. The van der Waals surface area contributed by atoms with Gasteiger partial charge in [-0.25, -0.2) is 0 Å². The fourth-order valence-electron chi connectivity index (χ4n) is 3.81. The SMILES string of the molecule is CCN(C(=O)C(O)c1ccccc1)C1CC2CCC(C1)N2. The largest absolute Gasteiger partial charge is 0.378 e. The number of hydrogen-bond acceptors (Lipinski definition) is 3. The first-order valence-electron chi connectivity index (χ1n) is 7.98. The van der Waals surface area contributed by atoms with E-state index in [4.69, 9.17) is 0 Å². The van der Waals surface area contributed by atoms with Gasteiger partial charge in [-0.1, -0.05) is 30.3 Å². The van der Waals surface area contributed by atoms with Gasteiger partial charge >= 0.3 is 0 Å². The number of nitrogens with one attached hydrogen (secondary N) is 1. The van der Waals surface area contributed by atoms with Gasteiger partial charge in [0.25, 0.3) is 5.91 Å². The molecule has 2 N–H and O–H groups in total. The first kappa shape index (κ1) is 14.5. The summed E-state index contributed by atoms with van der Waals surface area (Å²) in [7, 11) is 0. The molecule has 1 aromatic rings. The molecule has 0 radical (unpaired) electrons. The molecular formula is C17H24N2O2. The van der Waals surface area contributed by atoms with E-state index in [0.717, 1.165) is 12.8 Å². The van der Waals surface area contributed by atoms with Gasteiger partial charge < -0.3 is 15.3 Å². The van der Waals surface area contributed by atoms with Crippen LogP contribution < -0.4 is 5.32 Å². The van der Waals surface area contributed by atoms with Crippen molar-refractivity contribution in [1.29, 1.82) is 0 Å². The van der Waals surface area contributed by atoms with Crippen molar-refractivity contribution in [3.8, 4) is 0 Å². The zero-order valence-electron chi connectivity index (χ0n) is 12.5. The van der Waals surface area contributed by atoms with Crippen LogP contribution in [0, 0.1) is 0 Å². The van der Waals surface area contributed by atoms with Crippen LogP contribution in [0.4, 0.5) is 0 Å². The molecule has 2 aliphatic rings. The van der Waals surface area contributed by atoms with Gasteiger partial charge in [0.05, 0.1) is 0 Å².